The van der Waals surface area contributed by atoms with Crippen LogP contribution in [0.4, 0.5) is 67.4 Å². The summed E-state index contributed by atoms with van der Waals surface area (Å²) < 4.78 is 134. The smallest absolute Gasteiger partial charge is 0.298 e. The summed E-state index contributed by atoms with van der Waals surface area (Å²) in [5.74, 6) is 0.499. The van der Waals surface area contributed by atoms with Crippen molar-refractivity contribution in [2.24, 2.45) is 20.5 Å². The largest absolute Gasteiger partial charge is 0.495 e. The number of hydrogen-bond acceptors (Lipinski definition) is 26. The molecule has 0 bridgehead atoms. The summed E-state index contributed by atoms with van der Waals surface area (Å²) in [7, 11) is -8.61. The molecule has 0 amide bonds. The fourth-order valence-electron chi connectivity index (χ4n) is 8.66. The molecule has 3 aromatic heterocycles. The van der Waals surface area contributed by atoms with Crippen molar-refractivity contribution in [1.82, 2.24) is 23.7 Å². The van der Waals surface area contributed by atoms with E-state index in [-0.39, 0.29) is 106 Å². The monoisotopic (exact) mass is 1310 g/mol. The molecule has 5 aromatic carbocycles. The van der Waals surface area contributed by atoms with Crippen molar-refractivity contribution < 1.29 is 57.9 Å². The molecule has 0 aliphatic carbocycles. The molecule has 34 heteroatoms. The second-order valence-electron chi connectivity index (χ2n) is 18.0. The van der Waals surface area contributed by atoms with Gasteiger partial charge in [-0.05, 0) is 116 Å². The molecule has 28 nitrogen and oxygen atoms in total. The van der Waals surface area contributed by atoms with Crippen LogP contribution in [0.25, 0.3) is 32.2 Å². The lowest BCUT2D eigenvalue weighted by molar-refractivity contribution is 0.397. The fourth-order valence-corrected chi connectivity index (χ4v) is 12.7. The Labute approximate surface area is 518 Å². The zero-order valence-corrected chi connectivity index (χ0v) is 52.7. The number of methoxy groups -OCH3 is 4. The van der Waals surface area contributed by atoms with Gasteiger partial charge in [0.1, 0.15) is 44.2 Å². The van der Waals surface area contributed by atoms with Crippen molar-refractivity contribution in [2.45, 2.75) is 53.3 Å². The zero-order valence-electron chi connectivity index (χ0n) is 47.8. The molecule has 3 heterocycles. The molecular weight excluding hydrogens is 1260 g/mol. The second kappa shape index (κ2) is 27.8. The molecule has 458 valence electrons. The van der Waals surface area contributed by atoms with Gasteiger partial charge in [-0.1, -0.05) is 36.0 Å². The van der Waals surface area contributed by atoms with Crippen LogP contribution in [-0.2, 0) is 36.1 Å². The molecule has 0 spiro atoms. The number of thioether (sulfide) groups is 1. The quantitative estimate of drug-likeness (QED) is 0.0145. The number of nitrogens with zero attached hydrogens (tertiary/aromatic N) is 13. The number of benzene rings is 5. The lowest BCUT2D eigenvalue weighted by Gasteiger charge is -2.25. The highest BCUT2D eigenvalue weighted by Gasteiger charge is 2.26. The normalized spacial score (nSPS) is 11.8. The Hall–Kier alpha value is -8.97. The standard InChI is InChI=1S/C54H53N15O13S6/c1-11-68(12-2)38-25-34(36(27-42(38)81-9)62-64-50-48(55-5)46(66-84-50)31-18-20-40(79-7)44(23-31)87(73,74)75)57-52-59-53(61-54(60-52)83-29-30-16-15-17-33(22-30)86(70,71)72)58-35-26-39(69(13-3)14-4)43(82-10)28-37(35)63-65-51-49(56-6)47(67-85-51)32-19-21-41(80-8)45(24-32)88(76,77)78/h15-28H,11-14,29H2,1-4,7-10H3,(H,70,71,72)(H,73,74,75)(H,76,77,78)(H2,57,58,59,60,61). The van der Waals surface area contributed by atoms with E-state index < -0.39 is 40.1 Å². The van der Waals surface area contributed by atoms with E-state index in [4.69, 9.17) is 47.0 Å². The van der Waals surface area contributed by atoms with Gasteiger partial charge in [-0.25, -0.2) is 18.4 Å². The van der Waals surface area contributed by atoms with Crippen LogP contribution in [0.3, 0.4) is 0 Å². The Bertz CT molecular complexity index is 4210. The number of hydrogen-bond donors (Lipinski definition) is 5. The molecule has 0 saturated heterocycles. The molecule has 5 N–H and O–H groups in total. The van der Waals surface area contributed by atoms with Crippen LogP contribution in [0, 0.1) is 13.1 Å². The second-order valence-corrected chi connectivity index (χ2v) is 24.7. The van der Waals surface area contributed by atoms with Crippen molar-refractivity contribution in [2.75, 3.05) is 75.1 Å². The maximum Gasteiger partial charge on any atom is 0.298 e. The first kappa shape index (κ1) is 65.0. The topological polar surface area (TPSA) is 353 Å². The van der Waals surface area contributed by atoms with Gasteiger partial charge in [0.15, 0.2) is 15.2 Å². The Morgan fingerprint density at radius 3 is 1.36 bits per heavy atom. The minimum absolute atomic E-state index is 0.0412. The van der Waals surface area contributed by atoms with E-state index in [2.05, 4.69) is 49.5 Å². The fraction of sp³-hybridized carbons (Fsp3) is 0.241. The van der Waals surface area contributed by atoms with Crippen LogP contribution in [0.15, 0.2) is 125 Å². The van der Waals surface area contributed by atoms with Crippen LogP contribution < -0.4 is 39.4 Å². The summed E-state index contributed by atoms with van der Waals surface area (Å²) in [6, 6.07) is 20.3. The molecule has 0 unspecified atom stereocenters. The molecule has 0 aliphatic heterocycles. The number of nitrogens with one attached hydrogen (secondary N) is 2. The first-order valence-electron chi connectivity index (χ1n) is 25.9. The summed E-state index contributed by atoms with van der Waals surface area (Å²) in [6.45, 7) is 26.3. The van der Waals surface area contributed by atoms with Gasteiger partial charge < -0.3 is 39.4 Å². The molecule has 8 aromatic rings. The minimum Gasteiger partial charge on any atom is -0.495 e. The first-order valence-corrected chi connectivity index (χ1v) is 32.7. The van der Waals surface area contributed by atoms with Crippen LogP contribution in [0.5, 0.6) is 23.0 Å². The summed E-state index contributed by atoms with van der Waals surface area (Å²) in [5.41, 5.74) is 2.92. The Morgan fingerprint density at radius 2 is 0.989 bits per heavy atom. The van der Waals surface area contributed by atoms with Gasteiger partial charge in [0.05, 0.1) is 80.6 Å². The molecule has 0 atom stereocenters. The first-order chi connectivity index (χ1) is 42.0. The van der Waals surface area contributed by atoms with E-state index in [1.807, 2.05) is 37.5 Å². The van der Waals surface area contributed by atoms with E-state index in [1.54, 1.807) is 30.3 Å². The molecule has 8 rings (SSSR count). The SMILES string of the molecule is [C-]#[N+]c1c(-c2ccc(OC)c(S(=O)(=O)O)c2)nsc1N=Nc1cc(OC)c(N(CC)CC)cc1Nc1nc(Nc2cc(N(CC)CC)c(OC)cc2N=Nc2snc(-c3ccc(OC)c(S(=O)(=O)O)c3)c2[N+]#[C-])nc(SCc2cccc(S(=O)(=O)O)c2)n1. The zero-order chi connectivity index (χ0) is 63.7. The van der Waals surface area contributed by atoms with Crippen LogP contribution in [-0.4, -0.2) is 117 Å². The van der Waals surface area contributed by atoms with E-state index in [0.717, 1.165) is 47.0 Å². The van der Waals surface area contributed by atoms with Gasteiger partial charge in [-0.15, -0.1) is 20.5 Å². The summed E-state index contributed by atoms with van der Waals surface area (Å²) in [4.78, 5) is 24.4. The summed E-state index contributed by atoms with van der Waals surface area (Å²) in [5, 5.41) is 24.8. The Morgan fingerprint density at radius 1 is 0.557 bits per heavy atom. The van der Waals surface area contributed by atoms with Gasteiger partial charge in [0.2, 0.25) is 11.9 Å². The minimum atomic E-state index is -4.75. The Balaban J connectivity index is 1.26. The van der Waals surface area contributed by atoms with E-state index in [9.17, 15) is 38.9 Å². The molecule has 88 heavy (non-hydrogen) atoms. The van der Waals surface area contributed by atoms with Crippen molar-refractivity contribution in [1.29, 1.82) is 0 Å². The van der Waals surface area contributed by atoms with Gasteiger partial charge in [-0.2, -0.15) is 40.2 Å². The molecule has 0 fully saturated rings. The average Bonchev–Trinajstić information content (AvgIpc) is 3.11. The number of anilines is 6. The number of ether oxygens (including phenoxy) is 4. The van der Waals surface area contributed by atoms with Crippen LogP contribution >= 0.6 is 34.8 Å². The van der Waals surface area contributed by atoms with Crippen LogP contribution in [0.2, 0.25) is 0 Å². The Kier molecular flexibility index (Phi) is 20.5. The molecular formula is C54H53N15O13S6. The van der Waals surface area contributed by atoms with Gasteiger partial charge in [0.25, 0.3) is 41.7 Å². The van der Waals surface area contributed by atoms with Crippen molar-refractivity contribution in [3.05, 3.63) is 113 Å². The van der Waals surface area contributed by atoms with E-state index >= 15 is 0 Å². The highest BCUT2D eigenvalue weighted by molar-refractivity contribution is 7.98. The third-order valence-corrected chi connectivity index (χ3v) is 17.9. The predicted molar refractivity (Wildman–Crippen MR) is 334 cm³/mol. The lowest BCUT2D eigenvalue weighted by atomic mass is 10.1. The van der Waals surface area contributed by atoms with Gasteiger partial charge in [0, 0.05) is 44.1 Å². The molecule has 0 radical (unpaired) electrons. The number of aromatic nitrogens is 5. The van der Waals surface area contributed by atoms with Crippen molar-refractivity contribution >= 4 is 133 Å². The highest BCUT2D eigenvalue weighted by atomic mass is 32.2. The van der Waals surface area contributed by atoms with E-state index in [1.165, 1.54) is 70.9 Å². The maximum absolute atomic E-state index is 12.3. The summed E-state index contributed by atoms with van der Waals surface area (Å²) in [6.07, 6.45) is 0. The average molecular weight is 1310 g/mol. The van der Waals surface area contributed by atoms with Gasteiger partial charge >= 0.3 is 0 Å². The highest BCUT2D eigenvalue weighted by Crippen LogP contribution is 2.48. The van der Waals surface area contributed by atoms with E-state index in [0.29, 0.717) is 54.6 Å². The third kappa shape index (κ3) is 14.7. The van der Waals surface area contributed by atoms with Crippen molar-refractivity contribution in [3.63, 3.8) is 0 Å². The summed E-state index contributed by atoms with van der Waals surface area (Å²) >= 11 is 2.71. The number of rotatable bonds is 26. The van der Waals surface area contributed by atoms with Crippen LogP contribution in [0.1, 0.15) is 33.3 Å². The van der Waals surface area contributed by atoms with Gasteiger partial charge in [-0.3, -0.25) is 13.7 Å². The lowest BCUT2D eigenvalue weighted by Crippen LogP contribution is -2.22. The number of azo groups is 2. The third-order valence-electron chi connectivity index (χ3n) is 12.9. The predicted octanol–water partition coefficient (Wildman–Crippen LogP) is 13.3. The molecule has 0 aliphatic rings. The van der Waals surface area contributed by atoms with Crippen molar-refractivity contribution in [3.8, 4) is 45.5 Å². The molecule has 0 saturated carbocycles. The maximum atomic E-state index is 12.3.